The Hall–Kier alpha value is -1.87. The van der Waals surface area contributed by atoms with E-state index in [2.05, 4.69) is 22.0 Å². The highest BCUT2D eigenvalue weighted by Gasteiger charge is 2.26. The predicted octanol–water partition coefficient (Wildman–Crippen LogP) is 3.12. The maximum atomic E-state index is 9.62. The smallest absolute Gasteiger partial charge is 0.115 e. The Labute approximate surface area is 113 Å². The number of aromatic hydroxyl groups is 1. The number of phenols is 1. The Balaban J connectivity index is 1.78. The highest BCUT2D eigenvalue weighted by Crippen LogP contribution is 2.33. The monoisotopic (exact) mass is 254 g/mol. The van der Waals surface area contributed by atoms with Crippen LogP contribution in [0.25, 0.3) is 0 Å². The van der Waals surface area contributed by atoms with Gasteiger partial charge in [0.05, 0.1) is 5.69 Å². The van der Waals surface area contributed by atoms with Crippen LogP contribution in [-0.4, -0.2) is 21.5 Å². The Kier molecular flexibility index (Phi) is 3.47. The summed E-state index contributed by atoms with van der Waals surface area (Å²) in [4.78, 5) is 6.84. The summed E-state index contributed by atoms with van der Waals surface area (Å²) in [6.07, 6.45) is 4.19. The number of rotatable bonds is 3. The normalized spacial score (nSPS) is 19.7. The van der Waals surface area contributed by atoms with Crippen LogP contribution in [0.4, 0.5) is 0 Å². The highest BCUT2D eigenvalue weighted by molar-refractivity contribution is 5.30. The first-order valence-electron chi connectivity index (χ1n) is 6.76. The van der Waals surface area contributed by atoms with Crippen molar-refractivity contribution in [2.45, 2.75) is 25.4 Å². The van der Waals surface area contributed by atoms with Crippen LogP contribution in [0.3, 0.4) is 0 Å². The van der Waals surface area contributed by atoms with Crippen molar-refractivity contribution in [2.24, 2.45) is 0 Å². The van der Waals surface area contributed by atoms with E-state index in [1.807, 2.05) is 30.5 Å². The topological polar surface area (TPSA) is 36.4 Å². The van der Waals surface area contributed by atoms with Crippen LogP contribution < -0.4 is 0 Å². The molecule has 1 aliphatic rings. The van der Waals surface area contributed by atoms with E-state index in [1.165, 1.54) is 12.0 Å². The summed E-state index contributed by atoms with van der Waals surface area (Å²) >= 11 is 0. The van der Waals surface area contributed by atoms with Gasteiger partial charge in [-0.25, -0.2) is 0 Å². The molecule has 0 saturated carbocycles. The molecule has 1 aromatic heterocycles. The maximum absolute atomic E-state index is 9.62. The maximum Gasteiger partial charge on any atom is 0.115 e. The Morgan fingerprint density at radius 3 is 2.95 bits per heavy atom. The molecule has 1 fully saturated rings. The van der Waals surface area contributed by atoms with Gasteiger partial charge >= 0.3 is 0 Å². The van der Waals surface area contributed by atoms with Gasteiger partial charge < -0.3 is 5.11 Å². The molecule has 19 heavy (non-hydrogen) atoms. The summed E-state index contributed by atoms with van der Waals surface area (Å²) in [5.74, 6) is 0.349. The Morgan fingerprint density at radius 2 is 2.16 bits per heavy atom. The van der Waals surface area contributed by atoms with E-state index in [4.69, 9.17) is 0 Å². The second-order valence-electron chi connectivity index (χ2n) is 5.04. The van der Waals surface area contributed by atoms with Gasteiger partial charge in [-0.1, -0.05) is 18.2 Å². The zero-order valence-corrected chi connectivity index (χ0v) is 10.9. The first-order chi connectivity index (χ1) is 9.33. The number of pyridine rings is 1. The average Bonchev–Trinajstić information content (AvgIpc) is 2.88. The lowest BCUT2D eigenvalue weighted by atomic mass is 10.0. The average molecular weight is 254 g/mol. The number of hydrogen-bond donors (Lipinski definition) is 1. The molecule has 2 aromatic rings. The van der Waals surface area contributed by atoms with E-state index in [-0.39, 0.29) is 0 Å². The highest BCUT2D eigenvalue weighted by atomic mass is 16.3. The van der Waals surface area contributed by atoms with Gasteiger partial charge in [-0.3, -0.25) is 9.88 Å². The van der Waals surface area contributed by atoms with Crippen LogP contribution in [0.1, 0.15) is 30.1 Å². The number of likely N-dealkylation sites (tertiary alicyclic amines) is 1. The molecule has 3 rings (SSSR count). The number of phenolic OH excluding ortho intramolecular Hbond substituents is 1. The van der Waals surface area contributed by atoms with Crippen LogP contribution >= 0.6 is 0 Å². The van der Waals surface area contributed by atoms with Gasteiger partial charge in [0.1, 0.15) is 5.75 Å². The third-order valence-electron chi connectivity index (χ3n) is 3.71. The van der Waals surface area contributed by atoms with E-state index < -0.39 is 0 Å². The van der Waals surface area contributed by atoms with Gasteiger partial charge in [-0.15, -0.1) is 0 Å². The van der Waals surface area contributed by atoms with Gasteiger partial charge in [0, 0.05) is 18.8 Å². The summed E-state index contributed by atoms with van der Waals surface area (Å²) in [7, 11) is 0. The van der Waals surface area contributed by atoms with Crippen molar-refractivity contribution in [3.8, 4) is 5.75 Å². The molecule has 1 aromatic carbocycles. The van der Waals surface area contributed by atoms with Gasteiger partial charge in [0.15, 0.2) is 0 Å². The van der Waals surface area contributed by atoms with Crippen molar-refractivity contribution in [1.29, 1.82) is 0 Å². The van der Waals surface area contributed by atoms with Crippen molar-refractivity contribution < 1.29 is 5.11 Å². The van der Waals surface area contributed by atoms with Crippen molar-refractivity contribution in [2.75, 3.05) is 6.54 Å². The fourth-order valence-electron chi connectivity index (χ4n) is 2.82. The van der Waals surface area contributed by atoms with Crippen LogP contribution in [0.5, 0.6) is 5.75 Å². The first-order valence-corrected chi connectivity index (χ1v) is 6.76. The predicted molar refractivity (Wildman–Crippen MR) is 74.7 cm³/mol. The second kappa shape index (κ2) is 5.41. The fourth-order valence-corrected chi connectivity index (χ4v) is 2.82. The molecule has 1 unspecified atom stereocenters. The van der Waals surface area contributed by atoms with Crippen LogP contribution in [0, 0.1) is 0 Å². The third kappa shape index (κ3) is 2.76. The van der Waals surface area contributed by atoms with Crippen molar-refractivity contribution >= 4 is 0 Å². The minimum absolute atomic E-state index is 0.349. The number of nitrogens with zero attached hydrogens (tertiary/aromatic N) is 2. The van der Waals surface area contributed by atoms with E-state index >= 15 is 0 Å². The Bertz CT molecular complexity index is 541. The lowest BCUT2D eigenvalue weighted by molar-refractivity contribution is 0.245. The molecule has 3 nitrogen and oxygen atoms in total. The molecule has 0 bridgehead atoms. The molecular weight excluding hydrogens is 236 g/mol. The van der Waals surface area contributed by atoms with Crippen molar-refractivity contribution in [1.82, 2.24) is 9.88 Å². The molecule has 1 N–H and O–H groups in total. The largest absolute Gasteiger partial charge is 0.508 e. The molecule has 0 spiro atoms. The SMILES string of the molecule is Oc1cccc(C2CCCN2Cc2ccccn2)c1. The molecule has 98 valence electrons. The molecule has 1 aliphatic heterocycles. The molecule has 0 radical (unpaired) electrons. The second-order valence-corrected chi connectivity index (χ2v) is 5.04. The van der Waals surface area contributed by atoms with Crippen molar-refractivity contribution in [3.63, 3.8) is 0 Å². The minimum Gasteiger partial charge on any atom is -0.508 e. The molecule has 0 aliphatic carbocycles. The van der Waals surface area contributed by atoms with Gasteiger partial charge in [-0.2, -0.15) is 0 Å². The third-order valence-corrected chi connectivity index (χ3v) is 3.71. The van der Waals surface area contributed by atoms with E-state index in [9.17, 15) is 5.11 Å². The van der Waals surface area contributed by atoms with Gasteiger partial charge in [-0.05, 0) is 49.2 Å². The van der Waals surface area contributed by atoms with Crippen LogP contribution in [-0.2, 0) is 6.54 Å². The van der Waals surface area contributed by atoms with E-state index in [0.29, 0.717) is 11.8 Å². The molecule has 3 heteroatoms. The van der Waals surface area contributed by atoms with Gasteiger partial charge in [0.2, 0.25) is 0 Å². The molecular formula is C16H18N2O. The first kappa shape index (κ1) is 12.2. The summed E-state index contributed by atoms with van der Waals surface area (Å²) in [6, 6.07) is 14.1. The van der Waals surface area contributed by atoms with Gasteiger partial charge in [0.25, 0.3) is 0 Å². The van der Waals surface area contributed by atoms with Crippen molar-refractivity contribution in [3.05, 3.63) is 59.9 Å². The summed E-state index contributed by atoms with van der Waals surface area (Å²) in [5, 5.41) is 9.62. The molecule has 2 heterocycles. The van der Waals surface area contributed by atoms with Crippen LogP contribution in [0.15, 0.2) is 48.7 Å². The zero-order chi connectivity index (χ0) is 13.1. The standard InChI is InChI=1S/C16H18N2O/c19-15-7-3-5-13(11-15)16-8-4-10-18(16)12-14-6-1-2-9-17-14/h1-3,5-7,9,11,16,19H,4,8,10,12H2. The lowest BCUT2D eigenvalue weighted by Gasteiger charge is -2.24. The number of aromatic nitrogens is 1. The fraction of sp³-hybridized carbons (Fsp3) is 0.312. The summed E-state index contributed by atoms with van der Waals surface area (Å²) < 4.78 is 0. The number of hydrogen-bond acceptors (Lipinski definition) is 3. The molecule has 1 saturated heterocycles. The lowest BCUT2D eigenvalue weighted by Crippen LogP contribution is -2.23. The Morgan fingerprint density at radius 1 is 1.21 bits per heavy atom. The zero-order valence-electron chi connectivity index (χ0n) is 10.9. The van der Waals surface area contributed by atoms with Crippen LogP contribution in [0.2, 0.25) is 0 Å². The molecule has 1 atom stereocenters. The summed E-state index contributed by atoms with van der Waals surface area (Å²) in [5.41, 5.74) is 2.31. The summed E-state index contributed by atoms with van der Waals surface area (Å²) in [6.45, 7) is 1.97. The van der Waals surface area contributed by atoms with E-state index in [0.717, 1.165) is 25.2 Å². The number of benzene rings is 1. The minimum atomic E-state index is 0.349. The quantitative estimate of drug-likeness (QED) is 0.914. The van der Waals surface area contributed by atoms with E-state index in [1.54, 1.807) is 6.07 Å². The molecule has 0 amide bonds.